The molecule has 0 bridgehead atoms. The van der Waals surface area contributed by atoms with Crippen molar-refractivity contribution < 1.29 is 18.7 Å². The molecule has 1 unspecified atom stereocenters. The van der Waals surface area contributed by atoms with Gasteiger partial charge in [0.05, 0.1) is 6.42 Å². The number of hydrogen-bond donors (Lipinski definition) is 0. The number of likely N-dealkylation sites (tertiary alicyclic amines) is 2. The number of rotatable bonds is 3. The number of piperidine rings is 2. The normalized spacial score (nSPS) is 28.1. The van der Waals surface area contributed by atoms with Crippen molar-refractivity contribution in [2.24, 2.45) is 5.92 Å². The third kappa shape index (κ3) is 4.00. The van der Waals surface area contributed by atoms with Crippen molar-refractivity contribution in [2.45, 2.75) is 50.7 Å². The third-order valence-corrected chi connectivity index (χ3v) is 6.18. The first-order valence-electron chi connectivity index (χ1n) is 10.1. The molecule has 0 aliphatic carbocycles. The highest BCUT2D eigenvalue weighted by atomic mass is 19.1. The van der Waals surface area contributed by atoms with Crippen LogP contribution in [0.4, 0.5) is 4.39 Å². The molecule has 0 spiro atoms. The molecule has 1 aromatic carbocycles. The fraction of sp³-hybridized carbons (Fsp3) is 0.619. The number of fused-ring (bicyclic) bond motifs is 1. The molecule has 0 aromatic heterocycles. The van der Waals surface area contributed by atoms with Gasteiger partial charge in [0.2, 0.25) is 5.91 Å². The van der Waals surface area contributed by atoms with E-state index in [9.17, 15) is 14.0 Å². The minimum Gasteiger partial charge on any atom is -0.368 e. The third-order valence-electron chi connectivity index (χ3n) is 6.18. The molecule has 146 valence electrons. The number of amides is 2. The first-order chi connectivity index (χ1) is 13.1. The first kappa shape index (κ1) is 18.4. The molecular weight excluding hydrogens is 347 g/mol. The summed E-state index contributed by atoms with van der Waals surface area (Å²) in [6.45, 7) is 2.88. The van der Waals surface area contributed by atoms with E-state index in [0.29, 0.717) is 32.0 Å². The Morgan fingerprint density at radius 2 is 1.89 bits per heavy atom. The number of carbonyl (C=O) groups is 2. The molecule has 0 N–H and O–H groups in total. The fourth-order valence-electron chi connectivity index (χ4n) is 4.75. The van der Waals surface area contributed by atoms with E-state index < -0.39 is 0 Å². The minimum atomic E-state index is -0.287. The second-order valence-electron chi connectivity index (χ2n) is 7.93. The van der Waals surface area contributed by atoms with E-state index in [0.717, 1.165) is 44.2 Å². The summed E-state index contributed by atoms with van der Waals surface area (Å²) in [4.78, 5) is 29.5. The molecule has 0 saturated carbocycles. The van der Waals surface area contributed by atoms with Gasteiger partial charge in [-0.25, -0.2) is 4.39 Å². The monoisotopic (exact) mass is 374 g/mol. The van der Waals surface area contributed by atoms with E-state index >= 15 is 0 Å². The Morgan fingerprint density at radius 3 is 2.63 bits per heavy atom. The molecule has 4 rings (SSSR count). The van der Waals surface area contributed by atoms with Gasteiger partial charge in [0.1, 0.15) is 11.9 Å². The van der Waals surface area contributed by atoms with E-state index in [1.807, 2.05) is 9.80 Å². The first-order valence-corrected chi connectivity index (χ1v) is 10.1. The maximum absolute atomic E-state index is 13.0. The molecule has 3 heterocycles. The molecule has 3 aliphatic rings. The Balaban J connectivity index is 1.37. The smallest absolute Gasteiger partial charge is 0.251 e. The van der Waals surface area contributed by atoms with Gasteiger partial charge in [-0.2, -0.15) is 0 Å². The average molecular weight is 374 g/mol. The van der Waals surface area contributed by atoms with Gasteiger partial charge in [-0.15, -0.1) is 0 Å². The van der Waals surface area contributed by atoms with Crippen LogP contribution < -0.4 is 0 Å². The number of benzene rings is 1. The van der Waals surface area contributed by atoms with E-state index in [-0.39, 0.29) is 29.8 Å². The van der Waals surface area contributed by atoms with Crippen LogP contribution in [-0.2, 0) is 20.7 Å². The Labute approximate surface area is 159 Å². The summed E-state index contributed by atoms with van der Waals surface area (Å²) in [5.41, 5.74) is 0.836. The Bertz CT molecular complexity index is 687. The lowest BCUT2D eigenvalue weighted by molar-refractivity contribution is -0.149. The average Bonchev–Trinajstić information content (AvgIpc) is 3.23. The Hall–Kier alpha value is -1.95. The SMILES string of the molecule is O=C(Cc1ccc(F)cc1)N1CC[C@@H]2[C@H](CCCN2C(=O)C2CCCO2)C1. The van der Waals surface area contributed by atoms with Crippen molar-refractivity contribution in [1.82, 2.24) is 9.80 Å². The fourth-order valence-corrected chi connectivity index (χ4v) is 4.75. The van der Waals surface area contributed by atoms with Crippen molar-refractivity contribution in [1.29, 1.82) is 0 Å². The molecule has 6 heteroatoms. The van der Waals surface area contributed by atoms with Crippen LogP contribution in [0.2, 0.25) is 0 Å². The molecule has 3 saturated heterocycles. The maximum Gasteiger partial charge on any atom is 0.251 e. The zero-order valence-electron chi connectivity index (χ0n) is 15.6. The second-order valence-corrected chi connectivity index (χ2v) is 7.93. The minimum absolute atomic E-state index is 0.0858. The largest absolute Gasteiger partial charge is 0.368 e. The van der Waals surface area contributed by atoms with Crippen LogP contribution in [0.1, 0.15) is 37.7 Å². The number of nitrogens with zero attached hydrogens (tertiary/aromatic N) is 2. The summed E-state index contributed by atoms with van der Waals surface area (Å²) >= 11 is 0. The quantitative estimate of drug-likeness (QED) is 0.816. The lowest BCUT2D eigenvalue weighted by atomic mass is 9.83. The molecule has 3 fully saturated rings. The molecule has 0 radical (unpaired) electrons. The van der Waals surface area contributed by atoms with Crippen molar-refractivity contribution >= 4 is 11.8 Å². The number of halogens is 1. The number of hydrogen-bond acceptors (Lipinski definition) is 3. The number of ether oxygens (including phenoxy) is 1. The molecular formula is C21H27FN2O3. The van der Waals surface area contributed by atoms with Gasteiger partial charge in [0, 0.05) is 32.3 Å². The van der Waals surface area contributed by atoms with E-state index in [2.05, 4.69) is 0 Å². The molecule has 3 atom stereocenters. The lowest BCUT2D eigenvalue weighted by Gasteiger charge is -2.47. The molecule has 27 heavy (non-hydrogen) atoms. The van der Waals surface area contributed by atoms with Crippen molar-refractivity contribution in [2.75, 3.05) is 26.2 Å². The molecule has 2 amide bonds. The predicted octanol–water partition coefficient (Wildman–Crippen LogP) is 2.39. The van der Waals surface area contributed by atoms with Crippen LogP contribution in [0, 0.1) is 11.7 Å². The van der Waals surface area contributed by atoms with Gasteiger partial charge in [0.15, 0.2) is 0 Å². The van der Waals surface area contributed by atoms with Crippen LogP contribution in [0.15, 0.2) is 24.3 Å². The topological polar surface area (TPSA) is 49.9 Å². The van der Waals surface area contributed by atoms with Gasteiger partial charge in [-0.3, -0.25) is 9.59 Å². The van der Waals surface area contributed by atoms with Crippen molar-refractivity contribution in [3.05, 3.63) is 35.6 Å². The van der Waals surface area contributed by atoms with Gasteiger partial charge >= 0.3 is 0 Å². The van der Waals surface area contributed by atoms with Crippen molar-refractivity contribution in [3.63, 3.8) is 0 Å². The summed E-state index contributed by atoms with van der Waals surface area (Å²) in [7, 11) is 0. The molecule has 5 nitrogen and oxygen atoms in total. The number of carbonyl (C=O) groups excluding carboxylic acids is 2. The highest BCUT2D eigenvalue weighted by Crippen LogP contribution is 2.32. The standard InChI is InChI=1S/C21H27FN2O3/c22-17-7-5-15(6-8-17)13-20(25)23-11-9-18-16(14-23)3-1-10-24(18)21(26)19-4-2-12-27-19/h5-8,16,18-19H,1-4,9-14H2/t16-,18-,19?/m1/s1. The summed E-state index contributed by atoms with van der Waals surface area (Å²) < 4.78 is 18.6. The van der Waals surface area contributed by atoms with Gasteiger partial charge in [-0.1, -0.05) is 12.1 Å². The Kier molecular flexibility index (Phi) is 5.43. The van der Waals surface area contributed by atoms with Crippen LogP contribution >= 0.6 is 0 Å². The zero-order chi connectivity index (χ0) is 18.8. The van der Waals surface area contributed by atoms with Crippen LogP contribution in [-0.4, -0.2) is 60.0 Å². The maximum atomic E-state index is 13.0. The summed E-state index contributed by atoms with van der Waals surface area (Å²) in [5, 5.41) is 0. The van der Waals surface area contributed by atoms with E-state index in [1.54, 1.807) is 12.1 Å². The summed E-state index contributed by atoms with van der Waals surface area (Å²) in [6, 6.07) is 6.35. The zero-order valence-corrected chi connectivity index (χ0v) is 15.6. The lowest BCUT2D eigenvalue weighted by Crippen LogP contribution is -2.58. The van der Waals surface area contributed by atoms with E-state index in [1.165, 1.54) is 12.1 Å². The second kappa shape index (κ2) is 7.97. The van der Waals surface area contributed by atoms with Gasteiger partial charge < -0.3 is 14.5 Å². The van der Waals surface area contributed by atoms with Gasteiger partial charge in [-0.05, 0) is 55.7 Å². The van der Waals surface area contributed by atoms with Crippen LogP contribution in [0.3, 0.4) is 0 Å². The molecule has 3 aliphatic heterocycles. The summed E-state index contributed by atoms with van der Waals surface area (Å²) in [5.74, 6) is 0.288. The Morgan fingerprint density at radius 1 is 1.07 bits per heavy atom. The predicted molar refractivity (Wildman–Crippen MR) is 98.5 cm³/mol. The van der Waals surface area contributed by atoms with Crippen LogP contribution in [0.25, 0.3) is 0 Å². The van der Waals surface area contributed by atoms with E-state index in [4.69, 9.17) is 4.74 Å². The van der Waals surface area contributed by atoms with Crippen molar-refractivity contribution in [3.8, 4) is 0 Å². The highest BCUT2D eigenvalue weighted by Gasteiger charge is 2.41. The van der Waals surface area contributed by atoms with Crippen LogP contribution in [0.5, 0.6) is 0 Å². The molecule has 1 aromatic rings. The summed E-state index contributed by atoms with van der Waals surface area (Å²) in [6.07, 6.45) is 4.70. The van der Waals surface area contributed by atoms with Gasteiger partial charge in [0.25, 0.3) is 5.91 Å². The highest BCUT2D eigenvalue weighted by molar-refractivity contribution is 5.82.